The van der Waals surface area contributed by atoms with Crippen LogP contribution in [0, 0.1) is 32.5 Å². The second-order valence-corrected chi connectivity index (χ2v) is 16.0. The van der Waals surface area contributed by atoms with Crippen molar-refractivity contribution >= 4 is 23.4 Å². The van der Waals surface area contributed by atoms with Gasteiger partial charge in [-0.3, -0.25) is 14.4 Å². The minimum Gasteiger partial charge on any atom is -0.875 e. The van der Waals surface area contributed by atoms with Crippen LogP contribution in [-0.4, -0.2) is 23.4 Å². The Hall–Kier alpha value is -1.92. The third-order valence-corrected chi connectivity index (χ3v) is 4.97. The molecule has 0 spiro atoms. The number of hydrogen-bond donors (Lipinski definition) is 0. The predicted molar refractivity (Wildman–Crippen MR) is 155 cm³/mol. The van der Waals surface area contributed by atoms with E-state index in [1.54, 1.807) is 41.5 Å². The molecule has 0 unspecified atom stereocenters. The summed E-state index contributed by atoms with van der Waals surface area (Å²) in [5.41, 5.74) is -2.97. The quantitative estimate of drug-likeness (QED) is 0.141. The van der Waals surface area contributed by atoms with Gasteiger partial charge >= 0.3 is 17.1 Å². The van der Waals surface area contributed by atoms with E-state index in [-0.39, 0.29) is 52.0 Å². The summed E-state index contributed by atoms with van der Waals surface area (Å²) in [7, 11) is 0. The van der Waals surface area contributed by atoms with E-state index in [0.717, 1.165) is 0 Å². The molecule has 0 aliphatic carbocycles. The molecule has 0 aromatic carbocycles. The number of hydrogen-bond acceptors (Lipinski definition) is 6. The Morgan fingerprint density at radius 2 is 0.700 bits per heavy atom. The molecule has 7 nitrogen and oxygen atoms in total. The standard InChI is InChI=1S/2C11H20O2.C10H19NO2.Mn/c2*1-10(2,3)8(12)7-9(13)11(4,5)6;1-9(2,3)7(12)11-8(13)10(4,5)6;/h2*7,12H,1-6H3;1-6H3,(H,11,12,13);/q;;;+3/p-3/b2*8-7-;;. The van der Waals surface area contributed by atoms with Crippen LogP contribution < -0.4 is 15.3 Å². The molecule has 1 amide bonds. The molecule has 0 rings (SSSR count). The Kier molecular flexibility index (Phi) is 17.9. The van der Waals surface area contributed by atoms with Gasteiger partial charge < -0.3 is 15.3 Å². The van der Waals surface area contributed by atoms with E-state index in [1.807, 2.05) is 83.1 Å². The number of carbonyl (C=O) groups is 3. The number of ketones is 2. The van der Waals surface area contributed by atoms with Gasteiger partial charge in [-0.1, -0.05) is 125 Å². The monoisotopic (exact) mass is 605 g/mol. The first-order valence-electron chi connectivity index (χ1n) is 13.3. The summed E-state index contributed by atoms with van der Waals surface area (Å²) in [6, 6.07) is 0. The second-order valence-electron chi connectivity index (χ2n) is 16.0. The maximum Gasteiger partial charge on any atom is 3.00 e. The molecule has 0 fully saturated rings. The molecule has 232 valence electrons. The van der Waals surface area contributed by atoms with Crippen LogP contribution >= 0.6 is 0 Å². The van der Waals surface area contributed by atoms with E-state index in [4.69, 9.17) is 0 Å². The van der Waals surface area contributed by atoms with Gasteiger partial charge in [-0.15, -0.1) is 11.5 Å². The summed E-state index contributed by atoms with van der Waals surface area (Å²) >= 11 is 0. The number of rotatable bonds is 2. The average Bonchev–Trinajstić information content (AvgIpc) is 2.64. The molecule has 0 aromatic heterocycles. The summed E-state index contributed by atoms with van der Waals surface area (Å²) in [5.74, 6) is -1.13. The fraction of sp³-hybridized carbons (Fsp3) is 0.750. The molecule has 0 aliphatic rings. The van der Waals surface area contributed by atoms with Gasteiger partial charge in [0.15, 0.2) is 11.6 Å². The first-order chi connectivity index (χ1) is 16.6. The number of carbonyl (C=O) groups excluding carboxylic acids is 3. The molecule has 0 bridgehead atoms. The Bertz CT molecular complexity index is 807. The minimum atomic E-state index is -0.569. The smallest absolute Gasteiger partial charge is 0.875 e. The molecule has 40 heavy (non-hydrogen) atoms. The summed E-state index contributed by atoms with van der Waals surface area (Å²) in [4.78, 5) is 37.8. The van der Waals surface area contributed by atoms with Crippen LogP contribution in [0.25, 0.3) is 0 Å². The maximum absolute atomic E-state index is 11.4. The van der Waals surface area contributed by atoms with Gasteiger partial charge in [-0.25, -0.2) is 4.99 Å². The molecule has 0 saturated heterocycles. The zero-order valence-corrected chi connectivity index (χ0v) is 29.6. The van der Waals surface area contributed by atoms with Crippen molar-refractivity contribution < 1.29 is 46.8 Å². The molecule has 0 aliphatic heterocycles. The Labute approximate surface area is 255 Å². The predicted octanol–water partition coefficient (Wildman–Crippen LogP) is 5.15. The van der Waals surface area contributed by atoms with E-state index >= 15 is 0 Å². The van der Waals surface area contributed by atoms with Crippen molar-refractivity contribution in [3.63, 3.8) is 0 Å². The van der Waals surface area contributed by atoms with E-state index in [9.17, 15) is 29.7 Å². The zero-order valence-electron chi connectivity index (χ0n) is 28.4. The summed E-state index contributed by atoms with van der Waals surface area (Å²) in [6.07, 6.45) is 2.44. The van der Waals surface area contributed by atoms with Crippen molar-refractivity contribution in [3.8, 4) is 0 Å². The van der Waals surface area contributed by atoms with Crippen molar-refractivity contribution in [2.75, 3.05) is 0 Å². The third-order valence-electron chi connectivity index (χ3n) is 4.97. The van der Waals surface area contributed by atoms with Gasteiger partial charge in [0, 0.05) is 16.2 Å². The normalized spacial score (nSPS) is 14.1. The summed E-state index contributed by atoms with van der Waals surface area (Å²) in [6.45, 7) is 32.2. The van der Waals surface area contributed by atoms with E-state index in [2.05, 4.69) is 4.99 Å². The van der Waals surface area contributed by atoms with Crippen LogP contribution in [0.5, 0.6) is 0 Å². The first kappa shape index (κ1) is 45.1. The maximum atomic E-state index is 11.4. The van der Waals surface area contributed by atoms with Crippen LogP contribution in [0.4, 0.5) is 0 Å². The van der Waals surface area contributed by atoms with Crippen molar-refractivity contribution in [1.82, 2.24) is 0 Å². The molecular weight excluding hydrogens is 549 g/mol. The fourth-order valence-electron chi connectivity index (χ4n) is 1.53. The van der Waals surface area contributed by atoms with Gasteiger partial charge in [0.25, 0.3) is 0 Å². The van der Waals surface area contributed by atoms with Crippen molar-refractivity contribution in [2.24, 2.45) is 37.5 Å². The van der Waals surface area contributed by atoms with Crippen molar-refractivity contribution in [3.05, 3.63) is 23.7 Å². The second kappa shape index (κ2) is 15.9. The fourth-order valence-corrected chi connectivity index (χ4v) is 1.53. The van der Waals surface area contributed by atoms with Crippen molar-refractivity contribution in [1.29, 1.82) is 0 Å². The van der Waals surface area contributed by atoms with Gasteiger partial charge in [-0.05, 0) is 34.3 Å². The molecule has 0 atom stereocenters. The Morgan fingerprint density at radius 1 is 0.450 bits per heavy atom. The van der Waals surface area contributed by atoms with Gasteiger partial charge in [-0.2, -0.15) is 0 Å². The van der Waals surface area contributed by atoms with Crippen molar-refractivity contribution in [2.45, 2.75) is 125 Å². The number of amides is 1. The first-order valence-corrected chi connectivity index (χ1v) is 13.3. The van der Waals surface area contributed by atoms with Crippen LogP contribution in [0.3, 0.4) is 0 Å². The Balaban J connectivity index is -0.000000240. The third kappa shape index (κ3) is 20.9. The average molecular weight is 606 g/mol. The zero-order chi connectivity index (χ0) is 32.6. The van der Waals surface area contributed by atoms with E-state index in [0.29, 0.717) is 0 Å². The number of nitrogens with zero attached hydrogens (tertiary/aromatic N) is 1. The molecular formula is C32H56MnNO6. The molecule has 8 heteroatoms. The topological polar surface area (TPSA) is 133 Å². The molecule has 0 heterocycles. The largest absolute Gasteiger partial charge is 3.00 e. The Morgan fingerprint density at radius 3 is 0.850 bits per heavy atom. The van der Waals surface area contributed by atoms with Crippen LogP contribution in [-0.2, 0) is 31.5 Å². The molecule has 0 saturated carbocycles. The molecule has 0 radical (unpaired) electrons. The van der Waals surface area contributed by atoms with Crippen LogP contribution in [0.1, 0.15) is 125 Å². The SMILES string of the molecule is CC(C)(C)C(=O)/C=C(\[O-])C(C)(C)C.CC(C)(C)C(=O)/C=C(\[O-])C(C)(C)C.CC(C)(C)C(=O)N=C([O-])C(C)(C)C.[Mn+3]. The summed E-state index contributed by atoms with van der Waals surface area (Å²) in [5, 5.41) is 34.2. The number of aliphatic imine (C=N–C) groups is 1. The minimum absolute atomic E-state index is 0. The van der Waals surface area contributed by atoms with Crippen LogP contribution in [0.15, 0.2) is 28.7 Å². The number of allylic oxidation sites excluding steroid dienone is 4. The summed E-state index contributed by atoms with van der Waals surface area (Å²) < 4.78 is 0. The molecule has 0 N–H and O–H groups in total. The van der Waals surface area contributed by atoms with Crippen LogP contribution in [0.2, 0.25) is 0 Å². The van der Waals surface area contributed by atoms with Gasteiger partial charge in [0.1, 0.15) is 0 Å². The molecule has 0 aromatic rings. The van der Waals surface area contributed by atoms with E-state index in [1.165, 1.54) is 12.2 Å². The van der Waals surface area contributed by atoms with E-state index < -0.39 is 32.5 Å². The van der Waals surface area contributed by atoms with Gasteiger partial charge in [0.05, 0.1) is 0 Å². The van der Waals surface area contributed by atoms with Gasteiger partial charge in [0.2, 0.25) is 5.91 Å².